The van der Waals surface area contributed by atoms with Gasteiger partial charge in [-0.2, -0.15) is 8.78 Å². The number of aliphatic hydroxyl groups is 1. The third kappa shape index (κ3) is 6.46. The molecule has 0 spiro atoms. The van der Waals surface area contributed by atoms with Crippen LogP contribution in [0.2, 0.25) is 0 Å². The van der Waals surface area contributed by atoms with Gasteiger partial charge in [-0.25, -0.2) is 8.78 Å². The Kier molecular flexibility index (Phi) is 8.59. The highest BCUT2D eigenvalue weighted by atomic mass is 19.2. The van der Waals surface area contributed by atoms with E-state index in [2.05, 4.69) is 5.32 Å². The number of nitrogens with one attached hydrogen (secondary N) is 1. The van der Waals surface area contributed by atoms with Crippen LogP contribution >= 0.6 is 0 Å². The number of nitrogens with zero attached hydrogens (tertiary/aromatic N) is 1. The fourth-order valence-electron chi connectivity index (χ4n) is 4.95. The molecule has 0 saturated heterocycles. The van der Waals surface area contributed by atoms with Gasteiger partial charge in [0.25, 0.3) is 0 Å². The average molecular weight is 582 g/mol. The molecule has 0 saturated carbocycles. The van der Waals surface area contributed by atoms with Crippen LogP contribution in [0.15, 0.2) is 24.3 Å². The van der Waals surface area contributed by atoms with Crippen molar-refractivity contribution in [1.29, 1.82) is 0 Å². The molecule has 9 nitrogen and oxygen atoms in total. The number of ether oxygens (including phenoxy) is 2. The highest BCUT2D eigenvalue weighted by Crippen LogP contribution is 2.39. The molecule has 2 aromatic rings. The Morgan fingerprint density at radius 3 is 2.41 bits per heavy atom. The molecule has 4 unspecified atom stereocenters. The van der Waals surface area contributed by atoms with E-state index in [1.807, 2.05) is 12.1 Å². The van der Waals surface area contributed by atoms with E-state index in [1.165, 1.54) is 4.90 Å². The number of para-hydroxylation sites is 1. The molecule has 4 rings (SSSR count). The molecule has 0 fully saturated rings. The summed E-state index contributed by atoms with van der Waals surface area (Å²) in [5.74, 6) is -10.5. The molecule has 2 amide bonds. The number of rotatable bonds is 8. The van der Waals surface area contributed by atoms with Gasteiger partial charge < -0.3 is 25.6 Å². The van der Waals surface area contributed by atoms with Gasteiger partial charge >= 0.3 is 5.97 Å². The van der Waals surface area contributed by atoms with E-state index in [0.29, 0.717) is 18.5 Å². The smallest absolute Gasteiger partial charge is 0.308 e. The number of anilines is 1. The van der Waals surface area contributed by atoms with Gasteiger partial charge in [0, 0.05) is 12.5 Å². The van der Waals surface area contributed by atoms with Gasteiger partial charge in [-0.15, -0.1) is 0 Å². The van der Waals surface area contributed by atoms with E-state index in [1.54, 1.807) is 26.8 Å². The Balaban J connectivity index is 1.57. The first kappa shape index (κ1) is 30.3. The third-order valence-corrected chi connectivity index (χ3v) is 6.82. The number of nitrogens with two attached hydrogens (primary N) is 1. The van der Waals surface area contributed by atoms with E-state index in [-0.39, 0.29) is 12.5 Å². The molecule has 2 aliphatic rings. The zero-order valence-electron chi connectivity index (χ0n) is 22.7. The molecule has 0 bridgehead atoms. The molecule has 4 N–H and O–H groups in total. The van der Waals surface area contributed by atoms with Crippen LogP contribution in [-0.4, -0.2) is 59.3 Å². The number of esters is 1. The van der Waals surface area contributed by atoms with Crippen LogP contribution in [0.4, 0.5) is 23.2 Å². The Labute approximate surface area is 233 Å². The maximum Gasteiger partial charge on any atom is 0.308 e. The summed E-state index contributed by atoms with van der Waals surface area (Å²) < 4.78 is 65.5. The van der Waals surface area contributed by atoms with Crippen molar-refractivity contribution in [2.24, 2.45) is 5.73 Å². The second-order valence-corrected chi connectivity index (χ2v) is 11.1. The maximum absolute atomic E-state index is 14.1. The first-order valence-electron chi connectivity index (χ1n) is 13.0. The van der Waals surface area contributed by atoms with Crippen LogP contribution < -0.4 is 20.7 Å². The molecule has 0 aliphatic carbocycles. The fourth-order valence-corrected chi connectivity index (χ4v) is 4.95. The normalized spacial score (nSPS) is 19.7. The zero-order valence-corrected chi connectivity index (χ0v) is 22.7. The van der Waals surface area contributed by atoms with Crippen molar-refractivity contribution in [2.75, 3.05) is 11.5 Å². The minimum Gasteiger partial charge on any atom is -0.485 e. The van der Waals surface area contributed by atoms with Crippen LogP contribution in [0.1, 0.15) is 44.7 Å². The summed E-state index contributed by atoms with van der Waals surface area (Å²) >= 11 is 0. The second-order valence-electron chi connectivity index (χ2n) is 11.1. The summed E-state index contributed by atoms with van der Waals surface area (Å²) in [5, 5.41) is 13.4. The first-order valence-corrected chi connectivity index (χ1v) is 13.0. The molecular weight excluding hydrogens is 550 g/mol. The van der Waals surface area contributed by atoms with Gasteiger partial charge in [-0.05, 0) is 44.7 Å². The van der Waals surface area contributed by atoms with Gasteiger partial charge in [0.1, 0.15) is 24.4 Å². The number of carbonyl (C=O) groups is 3. The minimum atomic E-state index is -1.82. The van der Waals surface area contributed by atoms with Crippen molar-refractivity contribution in [3.8, 4) is 5.75 Å². The number of aliphatic hydroxyl groups excluding tert-OH is 1. The lowest BCUT2D eigenvalue weighted by Gasteiger charge is -2.30. The third-order valence-electron chi connectivity index (χ3n) is 6.82. The van der Waals surface area contributed by atoms with Crippen LogP contribution in [0, 0.1) is 23.3 Å². The lowest BCUT2D eigenvalue weighted by molar-refractivity contribution is -0.156. The molecule has 0 aromatic heterocycles. The molecule has 41 heavy (non-hydrogen) atoms. The fraction of sp³-hybridized carbons (Fsp3) is 0.464. The van der Waals surface area contributed by atoms with E-state index in [9.17, 15) is 37.1 Å². The largest absolute Gasteiger partial charge is 0.485 e. The van der Waals surface area contributed by atoms with Crippen molar-refractivity contribution in [2.45, 2.75) is 76.3 Å². The molecule has 2 aromatic carbocycles. The van der Waals surface area contributed by atoms with Gasteiger partial charge in [-0.1, -0.05) is 18.2 Å². The molecular formula is C28H31F4N3O6. The SMILES string of the molecule is CC(C)(C)OC(=O)CC(NC(=O)C1Cc2cccc3c2N1C(=O)C(N)CC3)C(O)COc1c(F)c(F)cc(F)c1F. The van der Waals surface area contributed by atoms with Crippen molar-refractivity contribution >= 4 is 23.5 Å². The molecule has 0 radical (unpaired) electrons. The van der Waals surface area contributed by atoms with Crippen LogP contribution in [0.3, 0.4) is 0 Å². The highest BCUT2D eigenvalue weighted by molar-refractivity contribution is 6.06. The molecule has 2 heterocycles. The van der Waals surface area contributed by atoms with E-state index in [4.69, 9.17) is 15.2 Å². The number of amides is 2. The summed E-state index contributed by atoms with van der Waals surface area (Å²) in [4.78, 5) is 40.7. The van der Waals surface area contributed by atoms with Gasteiger partial charge in [0.05, 0.1) is 24.2 Å². The van der Waals surface area contributed by atoms with E-state index >= 15 is 0 Å². The number of benzene rings is 2. The Hall–Kier alpha value is -3.71. The minimum absolute atomic E-state index is 0.000532. The number of carbonyl (C=O) groups excluding carboxylic acids is 3. The first-order chi connectivity index (χ1) is 19.2. The Morgan fingerprint density at radius 2 is 1.78 bits per heavy atom. The standard InChI is InChI=1S/C28H31F4N3O6/c1-28(2,3)41-21(37)11-18(20(36)12-40-25-22(31)15(29)10-16(30)23(25)32)34-26(38)19-9-14-6-4-5-13-7-8-17(33)27(39)35(19)24(13)14/h4-6,10,17-20,36H,7-9,11-12,33H2,1-3H3,(H,34,38). The summed E-state index contributed by atoms with van der Waals surface area (Å²) in [6.45, 7) is 3.84. The number of aryl methyl sites for hydroxylation is 1. The lowest BCUT2D eigenvalue weighted by Crippen LogP contribution is -2.56. The number of hydrogen-bond donors (Lipinski definition) is 3. The van der Waals surface area contributed by atoms with Crippen molar-refractivity contribution < 1.29 is 46.5 Å². The summed E-state index contributed by atoms with van der Waals surface area (Å²) in [6, 6.07) is 2.08. The van der Waals surface area contributed by atoms with E-state index in [0.717, 1.165) is 11.1 Å². The molecule has 222 valence electrons. The monoisotopic (exact) mass is 581 g/mol. The van der Waals surface area contributed by atoms with Crippen molar-refractivity contribution in [1.82, 2.24) is 5.32 Å². The Morgan fingerprint density at radius 1 is 1.15 bits per heavy atom. The van der Waals surface area contributed by atoms with Gasteiger partial charge in [0.2, 0.25) is 23.4 Å². The number of halogens is 4. The van der Waals surface area contributed by atoms with Gasteiger partial charge in [-0.3, -0.25) is 19.3 Å². The molecule has 2 aliphatic heterocycles. The maximum atomic E-state index is 14.1. The quantitative estimate of drug-likeness (QED) is 0.248. The number of hydrogen-bond acceptors (Lipinski definition) is 7. The Bertz CT molecular complexity index is 1340. The van der Waals surface area contributed by atoms with Crippen LogP contribution in [0.25, 0.3) is 0 Å². The predicted octanol–water partition coefficient (Wildman–Crippen LogP) is 2.43. The van der Waals surface area contributed by atoms with E-state index < -0.39 is 89.7 Å². The lowest BCUT2D eigenvalue weighted by atomic mass is 10.0. The molecule has 4 atom stereocenters. The summed E-state index contributed by atoms with van der Waals surface area (Å²) in [5.41, 5.74) is 7.34. The highest BCUT2D eigenvalue weighted by Gasteiger charge is 2.43. The second kappa shape index (κ2) is 11.6. The summed E-state index contributed by atoms with van der Waals surface area (Å²) in [6.07, 6.45) is -1.36. The molecule has 13 heteroatoms. The summed E-state index contributed by atoms with van der Waals surface area (Å²) in [7, 11) is 0. The predicted molar refractivity (Wildman–Crippen MR) is 138 cm³/mol. The van der Waals surface area contributed by atoms with Crippen molar-refractivity contribution in [3.63, 3.8) is 0 Å². The van der Waals surface area contributed by atoms with Gasteiger partial charge in [0.15, 0.2) is 17.4 Å². The zero-order chi connectivity index (χ0) is 30.2. The topological polar surface area (TPSA) is 131 Å². The van der Waals surface area contributed by atoms with Crippen LogP contribution in [0.5, 0.6) is 5.75 Å². The average Bonchev–Trinajstić information content (AvgIpc) is 3.23. The van der Waals surface area contributed by atoms with Crippen LogP contribution in [-0.2, 0) is 32.0 Å². The van der Waals surface area contributed by atoms with Crippen molar-refractivity contribution in [3.05, 3.63) is 58.7 Å².